The first kappa shape index (κ1) is 38.9. The van der Waals surface area contributed by atoms with Crippen molar-refractivity contribution < 1.29 is 37.3 Å². The number of alkyl halides is 2. The minimum Gasteiger partial charge on any atom is -0.395 e. The molecule has 0 aliphatic carbocycles. The van der Waals surface area contributed by atoms with Gasteiger partial charge in [-0.2, -0.15) is 28.5 Å². The van der Waals surface area contributed by atoms with Crippen LogP contribution in [0.2, 0.25) is 0 Å². The summed E-state index contributed by atoms with van der Waals surface area (Å²) in [6, 6.07) is 14.1. The van der Waals surface area contributed by atoms with Crippen molar-refractivity contribution in [1.82, 2.24) is 9.55 Å². The van der Waals surface area contributed by atoms with Crippen LogP contribution in [0.15, 0.2) is 65.6 Å². The molecule has 0 radical (unpaired) electrons. The number of benzene rings is 2. The van der Waals surface area contributed by atoms with Crippen molar-refractivity contribution in [1.29, 1.82) is 0 Å². The Kier molecular flexibility index (Phi) is 13.4. The molecule has 1 aromatic heterocycles. The van der Waals surface area contributed by atoms with E-state index in [4.69, 9.17) is 4.74 Å². The summed E-state index contributed by atoms with van der Waals surface area (Å²) in [5.74, 6) is -2.39. The van der Waals surface area contributed by atoms with Crippen molar-refractivity contribution in [3.8, 4) is 0 Å². The predicted octanol–water partition coefficient (Wildman–Crippen LogP) is 6.81. The third-order valence-electron chi connectivity index (χ3n) is 8.87. The Morgan fingerprint density at radius 1 is 1.02 bits per heavy atom. The Bertz CT molecular complexity index is 1590. The molecule has 2 heterocycles. The third-order valence-corrected chi connectivity index (χ3v) is 11.4. The van der Waals surface area contributed by atoms with Gasteiger partial charge in [0.15, 0.2) is 0 Å². The molecule has 0 bridgehead atoms. The summed E-state index contributed by atoms with van der Waals surface area (Å²) in [7, 11) is 0. The van der Waals surface area contributed by atoms with Crippen LogP contribution < -0.4 is 11.0 Å². The number of nitrogens with zero attached hydrogens (tertiary/aromatic N) is 2. The number of hydrogen-bond donors (Lipinski definition) is 3. The van der Waals surface area contributed by atoms with Crippen molar-refractivity contribution in [2.24, 2.45) is 10.8 Å². The maximum Gasteiger partial charge on any atom is 0.351 e. The van der Waals surface area contributed by atoms with E-state index < -0.39 is 53.9 Å². The molecule has 1 saturated heterocycles. The van der Waals surface area contributed by atoms with Crippen molar-refractivity contribution >= 4 is 35.2 Å². The molecule has 3 N–H and O–H groups in total. The molecule has 0 saturated carbocycles. The van der Waals surface area contributed by atoms with E-state index in [9.17, 15) is 28.6 Å². The summed E-state index contributed by atoms with van der Waals surface area (Å²) in [4.78, 5) is 29.5. The molecule has 2 aromatic carbocycles. The Hall–Kier alpha value is -2.91. The number of anilines is 1. The minimum absolute atomic E-state index is 0.0992. The largest absolute Gasteiger partial charge is 0.395 e. The summed E-state index contributed by atoms with van der Waals surface area (Å²) < 4.78 is 63.0. The number of aliphatic hydroxyl groups is 2. The van der Waals surface area contributed by atoms with Gasteiger partial charge in [0.25, 0.3) is 0 Å². The van der Waals surface area contributed by atoms with Gasteiger partial charge in [-0.15, -0.1) is 0 Å². The standard InChI is InChI=1S/C35H43F4N3O5S2/c1-33(2,15-12-27(49-21-24-6-10-26(37)11-7-24)14-17-48-20-23-4-8-25(36)9-5-23)18-30(45)40-29-13-16-42(32(46)41-29)31-35(38,39)34(3,22-44)28(19-43)47-31/h4-11,13,16,27-28,31,43-44H,12,14-15,17-22H2,1-3H3,(H,40,41,45,46)/t27?,28-,31-,34?/m1/s1. The van der Waals surface area contributed by atoms with E-state index in [1.165, 1.54) is 30.3 Å². The van der Waals surface area contributed by atoms with Crippen molar-refractivity contribution in [3.05, 3.63) is 94.0 Å². The van der Waals surface area contributed by atoms with Gasteiger partial charge in [0, 0.05) is 29.4 Å². The number of aliphatic hydroxyl groups excluding tert-OH is 2. The molecule has 4 atom stereocenters. The van der Waals surface area contributed by atoms with Gasteiger partial charge in [-0.3, -0.25) is 9.36 Å². The number of carbonyl (C=O) groups excluding carboxylic acids is 1. The molecule has 1 aliphatic rings. The van der Waals surface area contributed by atoms with E-state index in [2.05, 4.69) is 10.3 Å². The van der Waals surface area contributed by atoms with E-state index in [1.54, 1.807) is 47.8 Å². The second kappa shape index (κ2) is 16.9. The first-order valence-electron chi connectivity index (χ1n) is 16.0. The number of aromatic nitrogens is 2. The second-order valence-electron chi connectivity index (χ2n) is 13.3. The molecule has 8 nitrogen and oxygen atoms in total. The summed E-state index contributed by atoms with van der Waals surface area (Å²) in [6.45, 7) is 3.26. The lowest BCUT2D eigenvalue weighted by molar-refractivity contribution is -0.154. The van der Waals surface area contributed by atoms with Crippen LogP contribution in [0.3, 0.4) is 0 Å². The fourth-order valence-corrected chi connectivity index (χ4v) is 7.96. The quantitative estimate of drug-likeness (QED) is 0.103. The maximum atomic E-state index is 15.2. The predicted molar refractivity (Wildman–Crippen MR) is 185 cm³/mol. The first-order chi connectivity index (χ1) is 23.2. The molecule has 3 aromatic rings. The van der Waals surface area contributed by atoms with Crippen LogP contribution in [0.4, 0.5) is 23.4 Å². The van der Waals surface area contributed by atoms with Gasteiger partial charge in [0.05, 0.1) is 24.7 Å². The number of halogens is 4. The number of thioether (sulfide) groups is 2. The minimum atomic E-state index is -3.70. The molecule has 0 spiro atoms. The van der Waals surface area contributed by atoms with Crippen molar-refractivity contribution in [2.45, 2.75) is 81.5 Å². The molecule has 2 unspecified atom stereocenters. The normalized spacial score (nSPS) is 21.1. The SMILES string of the molecule is CC(C)(CCC(CCSCc1ccc(F)cc1)SCc1ccc(F)cc1)CC(=O)Nc1ccn([C@@H]2O[C@H](CO)C(C)(CO)C2(F)F)c(=O)n1. The van der Waals surface area contributed by atoms with Crippen LogP contribution in [-0.4, -0.2) is 61.9 Å². The van der Waals surface area contributed by atoms with Gasteiger partial charge < -0.3 is 20.3 Å². The number of nitrogens with one attached hydrogen (secondary N) is 1. The lowest BCUT2D eigenvalue weighted by Gasteiger charge is -2.32. The third kappa shape index (κ3) is 10.1. The van der Waals surface area contributed by atoms with E-state index in [-0.39, 0.29) is 29.1 Å². The second-order valence-corrected chi connectivity index (χ2v) is 15.7. The summed E-state index contributed by atoms with van der Waals surface area (Å²) in [5.41, 5.74) is -1.57. The highest BCUT2D eigenvalue weighted by Gasteiger charge is 2.67. The van der Waals surface area contributed by atoms with Crippen molar-refractivity contribution in [2.75, 3.05) is 24.3 Å². The smallest absolute Gasteiger partial charge is 0.351 e. The molecule has 14 heteroatoms. The lowest BCUT2D eigenvalue weighted by atomic mass is 9.80. The lowest BCUT2D eigenvalue weighted by Crippen LogP contribution is -2.48. The van der Waals surface area contributed by atoms with Crippen molar-refractivity contribution in [3.63, 3.8) is 0 Å². The highest BCUT2D eigenvalue weighted by atomic mass is 32.2. The topological polar surface area (TPSA) is 114 Å². The molecule has 4 rings (SSSR count). The summed E-state index contributed by atoms with van der Waals surface area (Å²) >= 11 is 3.55. The molecule has 1 aliphatic heterocycles. The zero-order valence-corrected chi connectivity index (χ0v) is 29.3. The molecular weight excluding hydrogens is 683 g/mol. The number of rotatable bonds is 17. The molecular formula is C35H43F4N3O5S2. The van der Waals surface area contributed by atoms with Crippen LogP contribution in [0.5, 0.6) is 0 Å². The fraction of sp³-hybridized carbons (Fsp3) is 0.514. The van der Waals surface area contributed by atoms with E-state index >= 15 is 8.78 Å². The zero-order chi connectivity index (χ0) is 35.8. The van der Waals surface area contributed by atoms with Crippen LogP contribution >= 0.6 is 23.5 Å². The number of hydrogen-bond acceptors (Lipinski definition) is 8. The first-order valence-corrected chi connectivity index (χ1v) is 18.2. The monoisotopic (exact) mass is 725 g/mol. The van der Waals surface area contributed by atoms with E-state index in [1.807, 2.05) is 13.8 Å². The van der Waals surface area contributed by atoms with Gasteiger partial charge in [0.1, 0.15) is 17.5 Å². The summed E-state index contributed by atoms with van der Waals surface area (Å²) in [5, 5.41) is 22.0. The van der Waals surface area contributed by atoms with Crippen LogP contribution in [0.1, 0.15) is 63.8 Å². The highest BCUT2D eigenvalue weighted by molar-refractivity contribution is 7.99. The maximum absolute atomic E-state index is 15.2. The van der Waals surface area contributed by atoms with Crippen LogP contribution in [0, 0.1) is 22.5 Å². The molecule has 1 fully saturated rings. The van der Waals surface area contributed by atoms with Gasteiger partial charge in [-0.1, -0.05) is 38.1 Å². The summed E-state index contributed by atoms with van der Waals surface area (Å²) in [6.07, 6.45) is 0.0812. The number of amides is 1. The average molecular weight is 726 g/mol. The molecule has 1 amide bonds. The molecule has 49 heavy (non-hydrogen) atoms. The Balaban J connectivity index is 1.33. The molecule has 268 valence electrons. The van der Waals surface area contributed by atoms with Gasteiger partial charge in [0.2, 0.25) is 12.1 Å². The van der Waals surface area contributed by atoms with Crippen LogP contribution in [0.25, 0.3) is 0 Å². The Labute approximate surface area is 292 Å². The van der Waals surface area contributed by atoms with E-state index in [0.717, 1.165) is 48.6 Å². The fourth-order valence-electron chi connectivity index (χ4n) is 5.59. The highest BCUT2D eigenvalue weighted by Crippen LogP contribution is 2.54. The number of carbonyl (C=O) groups is 1. The number of ether oxygens (including phenoxy) is 1. The zero-order valence-electron chi connectivity index (χ0n) is 27.7. The van der Waals surface area contributed by atoms with Gasteiger partial charge in [-0.05, 0) is 78.8 Å². The Morgan fingerprint density at radius 3 is 2.18 bits per heavy atom. The van der Waals surface area contributed by atoms with Gasteiger partial charge in [-0.25, -0.2) is 22.4 Å². The Morgan fingerprint density at radius 2 is 1.63 bits per heavy atom. The van der Waals surface area contributed by atoms with Crippen LogP contribution in [-0.2, 0) is 21.0 Å². The van der Waals surface area contributed by atoms with Gasteiger partial charge >= 0.3 is 11.6 Å². The van der Waals surface area contributed by atoms with E-state index in [0.29, 0.717) is 16.7 Å². The average Bonchev–Trinajstić information content (AvgIpc) is 3.26.